The van der Waals surface area contributed by atoms with Gasteiger partial charge in [0.2, 0.25) is 0 Å². The highest BCUT2D eigenvalue weighted by molar-refractivity contribution is 5.79. The van der Waals surface area contributed by atoms with Crippen LogP contribution in [0.15, 0.2) is 85.2 Å². The van der Waals surface area contributed by atoms with Crippen LogP contribution in [0.25, 0.3) is 22.5 Å². The highest BCUT2D eigenvalue weighted by Gasteiger charge is 2.21. The van der Waals surface area contributed by atoms with Crippen molar-refractivity contribution in [2.24, 2.45) is 0 Å². The number of nitrogens with zero attached hydrogens (tertiary/aromatic N) is 2. The number of hydrogen-bond acceptors (Lipinski definition) is 3. The maximum Gasteiger partial charge on any atom is 0.120 e. The maximum absolute atomic E-state index is 10.3. The smallest absolute Gasteiger partial charge is 0.120 e. The number of hydrogen-bond donors (Lipinski definition) is 2. The van der Waals surface area contributed by atoms with Crippen molar-refractivity contribution >= 4 is 0 Å². The predicted octanol–water partition coefficient (Wildman–Crippen LogP) is 5.24. The summed E-state index contributed by atoms with van der Waals surface area (Å²) >= 11 is 0. The molecule has 4 rings (SSSR count). The largest absolute Gasteiger partial charge is 0.508 e. The van der Waals surface area contributed by atoms with Gasteiger partial charge >= 0.3 is 0 Å². The molecule has 0 amide bonds. The third-order valence-electron chi connectivity index (χ3n) is 4.76. The van der Waals surface area contributed by atoms with Crippen molar-refractivity contribution in [3.8, 4) is 34.0 Å². The molecule has 0 aliphatic heterocycles. The van der Waals surface area contributed by atoms with Gasteiger partial charge in [0, 0.05) is 16.7 Å². The summed E-state index contributed by atoms with van der Waals surface area (Å²) < 4.78 is 2.03. The van der Waals surface area contributed by atoms with Crippen molar-refractivity contribution in [2.45, 2.75) is 13.0 Å². The highest BCUT2D eigenvalue weighted by atomic mass is 16.3. The molecule has 2 N–H and O–H groups in total. The molecular weight excluding hydrogens is 336 g/mol. The summed E-state index contributed by atoms with van der Waals surface area (Å²) in [4.78, 5) is 4.67. The van der Waals surface area contributed by atoms with Crippen LogP contribution in [-0.2, 0) is 0 Å². The fourth-order valence-electron chi connectivity index (χ4n) is 3.39. The Hall–Kier alpha value is -3.53. The molecule has 1 aromatic heterocycles. The van der Waals surface area contributed by atoms with Crippen molar-refractivity contribution in [3.63, 3.8) is 0 Å². The number of phenols is 2. The zero-order valence-electron chi connectivity index (χ0n) is 14.9. The Kier molecular flexibility index (Phi) is 4.38. The number of imidazole rings is 1. The summed E-state index contributed by atoms with van der Waals surface area (Å²) in [6, 6.07) is 24.3. The molecule has 27 heavy (non-hydrogen) atoms. The van der Waals surface area contributed by atoms with Crippen LogP contribution in [0.4, 0.5) is 0 Å². The van der Waals surface area contributed by atoms with Crippen molar-refractivity contribution in [2.75, 3.05) is 0 Å². The first kappa shape index (κ1) is 16.9. The Bertz CT molecular complexity index is 1070. The summed E-state index contributed by atoms with van der Waals surface area (Å²) in [5, 5.41) is 20.3. The molecule has 134 valence electrons. The van der Waals surface area contributed by atoms with Gasteiger partial charge in [-0.1, -0.05) is 60.7 Å². The molecule has 4 heteroatoms. The minimum absolute atomic E-state index is 0.131. The Morgan fingerprint density at radius 3 is 2.26 bits per heavy atom. The quantitative estimate of drug-likeness (QED) is 0.526. The average Bonchev–Trinajstić information content (AvgIpc) is 3.14. The molecule has 1 heterocycles. The third kappa shape index (κ3) is 3.17. The van der Waals surface area contributed by atoms with Gasteiger partial charge in [-0.05, 0) is 25.1 Å². The zero-order chi connectivity index (χ0) is 18.8. The van der Waals surface area contributed by atoms with Crippen LogP contribution in [0.2, 0.25) is 0 Å². The molecule has 0 bridgehead atoms. The van der Waals surface area contributed by atoms with E-state index in [4.69, 9.17) is 0 Å². The van der Waals surface area contributed by atoms with Crippen LogP contribution >= 0.6 is 0 Å². The van der Waals surface area contributed by atoms with Crippen LogP contribution in [0.3, 0.4) is 0 Å². The van der Waals surface area contributed by atoms with Gasteiger partial charge in [0.1, 0.15) is 11.5 Å². The third-order valence-corrected chi connectivity index (χ3v) is 4.76. The molecule has 0 saturated carbocycles. The van der Waals surface area contributed by atoms with E-state index in [1.54, 1.807) is 24.5 Å². The fraction of sp³-hybridized carbons (Fsp3) is 0.0870. The van der Waals surface area contributed by atoms with Crippen molar-refractivity contribution in [1.82, 2.24) is 9.55 Å². The van der Waals surface area contributed by atoms with Crippen LogP contribution in [0, 0.1) is 0 Å². The molecule has 1 atom stereocenters. The molecule has 0 saturated heterocycles. The van der Waals surface area contributed by atoms with Gasteiger partial charge in [-0.2, -0.15) is 0 Å². The highest BCUT2D eigenvalue weighted by Crippen LogP contribution is 2.37. The van der Waals surface area contributed by atoms with E-state index in [-0.39, 0.29) is 17.5 Å². The molecule has 0 spiro atoms. The lowest BCUT2D eigenvalue weighted by molar-refractivity contribution is 0.457. The Morgan fingerprint density at radius 2 is 1.52 bits per heavy atom. The zero-order valence-corrected chi connectivity index (χ0v) is 14.9. The SMILES string of the molecule is CC(c1ccccc1O)n1cnc(-c2ccccc2)c1-c1cccc(O)c1. The second-order valence-corrected chi connectivity index (χ2v) is 6.50. The second-order valence-electron chi connectivity index (χ2n) is 6.50. The summed E-state index contributed by atoms with van der Waals surface area (Å²) in [6.45, 7) is 2.03. The molecule has 4 nitrogen and oxygen atoms in total. The van der Waals surface area contributed by atoms with Gasteiger partial charge in [0.15, 0.2) is 0 Å². The maximum atomic E-state index is 10.3. The summed E-state index contributed by atoms with van der Waals surface area (Å²) in [6.07, 6.45) is 1.79. The molecular formula is C23H20N2O2. The standard InChI is InChI=1S/C23H20N2O2/c1-16(20-12-5-6-13-21(20)27)25-15-24-22(17-8-3-2-4-9-17)23(25)18-10-7-11-19(26)14-18/h2-16,26-27H,1H3. The van der Waals surface area contributed by atoms with Gasteiger partial charge in [0.25, 0.3) is 0 Å². The molecule has 0 aliphatic rings. The summed E-state index contributed by atoms with van der Waals surface area (Å²) in [7, 11) is 0. The number of benzene rings is 3. The van der Waals surface area contributed by atoms with Crippen LogP contribution in [0.5, 0.6) is 11.5 Å². The predicted molar refractivity (Wildman–Crippen MR) is 107 cm³/mol. The number of rotatable bonds is 4. The van der Waals surface area contributed by atoms with E-state index >= 15 is 0 Å². The fourth-order valence-corrected chi connectivity index (χ4v) is 3.39. The summed E-state index contributed by atoms with van der Waals surface area (Å²) in [5.41, 5.74) is 4.42. The first-order chi connectivity index (χ1) is 13.1. The summed E-state index contributed by atoms with van der Waals surface area (Å²) in [5.74, 6) is 0.455. The second kappa shape index (κ2) is 7.00. The number of para-hydroxylation sites is 1. The van der Waals surface area contributed by atoms with E-state index in [2.05, 4.69) is 4.98 Å². The number of aromatic hydroxyl groups is 2. The first-order valence-electron chi connectivity index (χ1n) is 8.84. The minimum Gasteiger partial charge on any atom is -0.508 e. The normalized spacial score (nSPS) is 12.0. The van der Waals surface area contributed by atoms with Gasteiger partial charge in [0.05, 0.1) is 23.8 Å². The first-order valence-corrected chi connectivity index (χ1v) is 8.84. The molecule has 3 aromatic carbocycles. The van der Waals surface area contributed by atoms with E-state index < -0.39 is 0 Å². The monoisotopic (exact) mass is 356 g/mol. The van der Waals surface area contributed by atoms with E-state index in [0.29, 0.717) is 0 Å². The van der Waals surface area contributed by atoms with Gasteiger partial charge in [-0.15, -0.1) is 0 Å². The Morgan fingerprint density at radius 1 is 0.815 bits per heavy atom. The van der Waals surface area contributed by atoms with Gasteiger partial charge in [-0.3, -0.25) is 0 Å². The van der Waals surface area contributed by atoms with Crippen LogP contribution in [-0.4, -0.2) is 19.8 Å². The molecule has 0 fully saturated rings. The Labute approximate surface area is 158 Å². The topological polar surface area (TPSA) is 58.3 Å². The van der Waals surface area contributed by atoms with E-state index in [0.717, 1.165) is 28.1 Å². The van der Waals surface area contributed by atoms with Crippen molar-refractivity contribution in [1.29, 1.82) is 0 Å². The van der Waals surface area contributed by atoms with Crippen LogP contribution < -0.4 is 0 Å². The lowest BCUT2D eigenvalue weighted by Gasteiger charge is -2.19. The minimum atomic E-state index is -0.131. The van der Waals surface area contributed by atoms with Crippen molar-refractivity contribution in [3.05, 3.63) is 90.8 Å². The lowest BCUT2D eigenvalue weighted by atomic mass is 10.0. The average molecular weight is 356 g/mol. The van der Waals surface area contributed by atoms with Crippen LogP contribution in [0.1, 0.15) is 18.5 Å². The van der Waals surface area contributed by atoms with Gasteiger partial charge < -0.3 is 14.8 Å². The van der Waals surface area contributed by atoms with Crippen molar-refractivity contribution < 1.29 is 10.2 Å². The van der Waals surface area contributed by atoms with E-state index in [1.807, 2.05) is 72.2 Å². The number of aromatic nitrogens is 2. The van der Waals surface area contributed by atoms with E-state index in [9.17, 15) is 10.2 Å². The molecule has 1 unspecified atom stereocenters. The number of phenolic OH excluding ortho intramolecular Hbond substituents is 2. The lowest BCUT2D eigenvalue weighted by Crippen LogP contribution is -2.07. The molecule has 4 aromatic rings. The molecule has 0 radical (unpaired) electrons. The molecule has 0 aliphatic carbocycles. The van der Waals surface area contributed by atoms with E-state index in [1.165, 1.54) is 0 Å². The van der Waals surface area contributed by atoms with Gasteiger partial charge in [-0.25, -0.2) is 4.98 Å². The Balaban J connectivity index is 1.93.